The molecular weight excluding hydrogens is 453 g/mol. The summed E-state index contributed by atoms with van der Waals surface area (Å²) >= 11 is 0. The van der Waals surface area contributed by atoms with Gasteiger partial charge in [0.1, 0.15) is 0 Å². The van der Waals surface area contributed by atoms with Crippen molar-refractivity contribution >= 4 is 52.4 Å². The van der Waals surface area contributed by atoms with Gasteiger partial charge in [-0.2, -0.15) is 0 Å². The van der Waals surface area contributed by atoms with Gasteiger partial charge in [0.25, 0.3) is 5.91 Å². The quantitative estimate of drug-likeness (QED) is 0.392. The molecular formula is C27H27Cl2N3O. The average molecular weight is 480 g/mol. The highest BCUT2D eigenvalue weighted by Gasteiger charge is 2.53. The molecule has 170 valence electrons. The molecule has 0 bridgehead atoms. The number of pyridine rings is 1. The van der Waals surface area contributed by atoms with Crippen molar-refractivity contribution in [3.8, 4) is 11.1 Å². The molecule has 1 atom stereocenters. The lowest BCUT2D eigenvalue weighted by Gasteiger charge is -2.32. The number of nitrogens with zero attached hydrogens (tertiary/aromatic N) is 2. The van der Waals surface area contributed by atoms with Crippen molar-refractivity contribution in [2.24, 2.45) is 11.1 Å². The Kier molecular flexibility index (Phi) is 6.37. The highest BCUT2D eigenvalue weighted by Crippen LogP contribution is 2.52. The third-order valence-corrected chi connectivity index (χ3v) is 7.31. The van der Waals surface area contributed by atoms with E-state index in [1.165, 1.54) is 0 Å². The van der Waals surface area contributed by atoms with Gasteiger partial charge in [0.15, 0.2) is 0 Å². The summed E-state index contributed by atoms with van der Waals surface area (Å²) in [5.41, 5.74) is 10.4. The molecule has 1 aliphatic carbocycles. The molecule has 1 saturated carbocycles. The molecule has 6 heteroatoms. The number of fused-ring (bicyclic) bond motifs is 2. The monoisotopic (exact) mass is 479 g/mol. The van der Waals surface area contributed by atoms with Crippen LogP contribution in [0.2, 0.25) is 0 Å². The van der Waals surface area contributed by atoms with Gasteiger partial charge in [-0.15, -0.1) is 24.8 Å². The van der Waals surface area contributed by atoms with Gasteiger partial charge in [-0.1, -0.05) is 36.4 Å². The number of carbonyl (C=O) groups excluding carboxylic acids is 1. The van der Waals surface area contributed by atoms with E-state index in [1.54, 1.807) is 0 Å². The Morgan fingerprint density at radius 1 is 0.879 bits per heavy atom. The molecule has 6 rings (SSSR count). The zero-order chi connectivity index (χ0) is 21.0. The van der Waals surface area contributed by atoms with E-state index in [2.05, 4.69) is 41.4 Å². The van der Waals surface area contributed by atoms with Crippen LogP contribution >= 0.6 is 24.8 Å². The molecule has 1 spiro atoms. The van der Waals surface area contributed by atoms with Crippen LogP contribution in [0.4, 0.5) is 0 Å². The summed E-state index contributed by atoms with van der Waals surface area (Å²) in [5.74, 6) is 0.133. The maximum Gasteiger partial charge on any atom is 0.253 e. The van der Waals surface area contributed by atoms with Gasteiger partial charge in [-0.05, 0) is 71.3 Å². The summed E-state index contributed by atoms with van der Waals surface area (Å²) in [5, 5.41) is 3.35. The second kappa shape index (κ2) is 8.94. The van der Waals surface area contributed by atoms with Crippen molar-refractivity contribution in [2.75, 3.05) is 13.1 Å². The summed E-state index contributed by atoms with van der Waals surface area (Å²) in [6.45, 7) is 1.64. The van der Waals surface area contributed by atoms with Crippen molar-refractivity contribution in [3.63, 3.8) is 0 Å². The van der Waals surface area contributed by atoms with Crippen molar-refractivity contribution < 1.29 is 4.79 Å². The van der Waals surface area contributed by atoms with Crippen LogP contribution in [0, 0.1) is 5.41 Å². The number of piperidine rings is 1. The number of benzene rings is 3. The number of hydrogen-bond donors (Lipinski definition) is 1. The molecule has 1 amide bonds. The lowest BCUT2D eigenvalue weighted by Crippen LogP contribution is -2.40. The summed E-state index contributed by atoms with van der Waals surface area (Å²) in [6.07, 6.45) is 5.13. The third-order valence-electron chi connectivity index (χ3n) is 7.31. The highest BCUT2D eigenvalue weighted by molar-refractivity contribution is 5.99. The van der Waals surface area contributed by atoms with Crippen LogP contribution in [0.15, 0.2) is 72.9 Å². The molecule has 0 radical (unpaired) electrons. The van der Waals surface area contributed by atoms with E-state index < -0.39 is 0 Å². The van der Waals surface area contributed by atoms with E-state index in [1.807, 2.05) is 41.4 Å². The van der Waals surface area contributed by atoms with Crippen LogP contribution in [0.5, 0.6) is 0 Å². The molecule has 4 nitrogen and oxygen atoms in total. The number of hydrogen-bond acceptors (Lipinski definition) is 3. The topological polar surface area (TPSA) is 59.2 Å². The molecule has 1 aliphatic heterocycles. The van der Waals surface area contributed by atoms with Crippen LogP contribution in [0.1, 0.15) is 29.6 Å². The average Bonchev–Trinajstić information content (AvgIpc) is 3.45. The number of amides is 1. The molecule has 2 heterocycles. The standard InChI is InChI=1S/C27H25N3O.2ClH/c28-25-16-27(25)9-11-30(12-10-27)26(31)22-8-7-18-13-20(6-5-19(18)14-22)23-15-21-3-1-2-4-24(21)29-17-23;;/h1-8,13-15,17,25H,9-12,16,28H2;2*1H. The molecule has 1 saturated heterocycles. The van der Waals surface area contributed by atoms with E-state index in [0.717, 1.165) is 70.7 Å². The van der Waals surface area contributed by atoms with E-state index in [9.17, 15) is 4.79 Å². The first-order valence-electron chi connectivity index (χ1n) is 11.1. The molecule has 2 fully saturated rings. The molecule has 1 unspecified atom stereocenters. The summed E-state index contributed by atoms with van der Waals surface area (Å²) in [6, 6.07) is 23.1. The molecule has 4 aromatic rings. The van der Waals surface area contributed by atoms with Gasteiger partial charge < -0.3 is 10.6 Å². The number of rotatable bonds is 2. The number of para-hydroxylation sites is 1. The van der Waals surface area contributed by atoms with Gasteiger partial charge >= 0.3 is 0 Å². The first-order valence-corrected chi connectivity index (χ1v) is 11.1. The van der Waals surface area contributed by atoms with Crippen molar-refractivity contribution in [1.29, 1.82) is 0 Å². The number of aromatic nitrogens is 1. The first kappa shape index (κ1) is 23.5. The van der Waals surface area contributed by atoms with Gasteiger partial charge in [0, 0.05) is 41.8 Å². The number of likely N-dealkylation sites (tertiary alicyclic amines) is 1. The fourth-order valence-electron chi connectivity index (χ4n) is 5.08. The fourth-order valence-corrected chi connectivity index (χ4v) is 5.08. The van der Waals surface area contributed by atoms with Gasteiger partial charge in [0.05, 0.1) is 5.52 Å². The minimum absolute atomic E-state index is 0. The molecule has 1 aromatic heterocycles. The molecule has 2 aliphatic rings. The van der Waals surface area contributed by atoms with Crippen LogP contribution < -0.4 is 5.73 Å². The second-order valence-electron chi connectivity index (χ2n) is 9.16. The Bertz CT molecular complexity index is 1330. The van der Waals surface area contributed by atoms with Gasteiger partial charge in [-0.3, -0.25) is 9.78 Å². The predicted molar refractivity (Wildman–Crippen MR) is 139 cm³/mol. The van der Waals surface area contributed by atoms with Crippen molar-refractivity contribution in [2.45, 2.75) is 25.3 Å². The number of carbonyl (C=O) groups is 1. The predicted octanol–water partition coefficient (Wildman–Crippen LogP) is 5.85. The maximum atomic E-state index is 13.1. The largest absolute Gasteiger partial charge is 0.339 e. The SMILES string of the molecule is Cl.Cl.NC1CC12CCN(C(=O)c1ccc3cc(-c4cnc5ccccc5c4)ccc3c1)CC2. The van der Waals surface area contributed by atoms with Crippen molar-refractivity contribution in [3.05, 3.63) is 78.5 Å². The van der Waals surface area contributed by atoms with E-state index >= 15 is 0 Å². The first-order chi connectivity index (χ1) is 15.1. The minimum atomic E-state index is 0. The number of halogens is 2. The Labute approximate surface area is 206 Å². The smallest absolute Gasteiger partial charge is 0.253 e. The summed E-state index contributed by atoms with van der Waals surface area (Å²) in [4.78, 5) is 19.6. The van der Waals surface area contributed by atoms with Crippen LogP contribution in [-0.2, 0) is 0 Å². The number of nitrogens with two attached hydrogens (primary N) is 1. The van der Waals surface area contributed by atoms with Gasteiger partial charge in [0.2, 0.25) is 0 Å². The zero-order valence-electron chi connectivity index (χ0n) is 18.2. The summed E-state index contributed by atoms with van der Waals surface area (Å²) in [7, 11) is 0. The van der Waals surface area contributed by atoms with Crippen molar-refractivity contribution in [1.82, 2.24) is 9.88 Å². The normalized spacial score (nSPS) is 18.6. The maximum absolute atomic E-state index is 13.1. The Balaban J connectivity index is 0.00000130. The van der Waals surface area contributed by atoms with E-state index in [-0.39, 0.29) is 30.7 Å². The molecule has 2 N–H and O–H groups in total. The third kappa shape index (κ3) is 4.19. The minimum Gasteiger partial charge on any atom is -0.339 e. The summed E-state index contributed by atoms with van der Waals surface area (Å²) < 4.78 is 0. The van der Waals surface area contributed by atoms with Crippen LogP contribution in [0.25, 0.3) is 32.8 Å². The Morgan fingerprint density at radius 2 is 1.55 bits per heavy atom. The zero-order valence-corrected chi connectivity index (χ0v) is 19.9. The fraction of sp³-hybridized carbons (Fsp3) is 0.259. The molecule has 3 aromatic carbocycles. The second-order valence-corrected chi connectivity index (χ2v) is 9.16. The Morgan fingerprint density at radius 3 is 2.30 bits per heavy atom. The lowest BCUT2D eigenvalue weighted by atomic mass is 9.92. The molecule has 33 heavy (non-hydrogen) atoms. The van der Waals surface area contributed by atoms with Gasteiger partial charge in [-0.25, -0.2) is 0 Å². The highest BCUT2D eigenvalue weighted by atomic mass is 35.5. The van der Waals surface area contributed by atoms with Crippen LogP contribution in [0.3, 0.4) is 0 Å². The van der Waals surface area contributed by atoms with Crippen LogP contribution in [-0.4, -0.2) is 34.9 Å². The van der Waals surface area contributed by atoms with E-state index in [4.69, 9.17) is 5.73 Å². The van der Waals surface area contributed by atoms with E-state index in [0.29, 0.717) is 11.5 Å². The lowest BCUT2D eigenvalue weighted by molar-refractivity contribution is 0.0675. The Hall–Kier alpha value is -2.66.